The lowest BCUT2D eigenvalue weighted by Gasteiger charge is -2.30. The maximum Gasteiger partial charge on any atom is 0.405 e. The number of nitrogens with two attached hydrogens (primary N) is 1. The topological polar surface area (TPSA) is 274 Å². The zero-order valence-electron chi connectivity index (χ0n) is 47.6. The van der Waals surface area contributed by atoms with Crippen LogP contribution in [0.5, 0.6) is 0 Å². The zero-order valence-corrected chi connectivity index (χ0v) is 47.6. The van der Waals surface area contributed by atoms with Crippen LogP contribution in [0.1, 0.15) is 62.9 Å². The molecule has 1 aromatic heterocycles. The van der Waals surface area contributed by atoms with Gasteiger partial charge in [0.2, 0.25) is 17.5 Å². The van der Waals surface area contributed by atoms with Gasteiger partial charge in [-0.1, -0.05) is 85.8 Å². The lowest BCUT2D eigenvalue weighted by molar-refractivity contribution is -0.120. The normalized spacial score (nSPS) is 22.2. The van der Waals surface area contributed by atoms with Gasteiger partial charge in [-0.05, 0) is 74.1 Å². The maximum absolute atomic E-state index is 14.2. The van der Waals surface area contributed by atoms with Gasteiger partial charge in [0, 0.05) is 73.6 Å². The summed E-state index contributed by atoms with van der Waals surface area (Å²) in [5.74, 6) is -3.55. The number of aromatic nitrogens is 3. The van der Waals surface area contributed by atoms with E-state index in [2.05, 4.69) is 26.3 Å². The fraction of sp³-hybridized carbons (Fsp3) is 0.410. The summed E-state index contributed by atoms with van der Waals surface area (Å²) in [4.78, 5) is 81.7. The maximum atomic E-state index is 14.2. The Labute approximate surface area is 481 Å². The summed E-state index contributed by atoms with van der Waals surface area (Å²) in [5, 5.41) is 29.1. The van der Waals surface area contributed by atoms with E-state index < -0.39 is 65.6 Å². The van der Waals surface area contributed by atoms with Crippen LogP contribution < -0.4 is 26.6 Å². The van der Waals surface area contributed by atoms with Crippen molar-refractivity contribution in [3.05, 3.63) is 148 Å². The molecule has 3 heterocycles. The Balaban J connectivity index is 0.908. The predicted molar refractivity (Wildman–Crippen MR) is 305 cm³/mol. The van der Waals surface area contributed by atoms with E-state index in [-0.39, 0.29) is 113 Å². The third-order valence-corrected chi connectivity index (χ3v) is 14.4. The first-order valence-electron chi connectivity index (χ1n) is 27.5. The third-order valence-electron chi connectivity index (χ3n) is 14.4. The Morgan fingerprint density at radius 2 is 1.55 bits per heavy atom. The van der Waals surface area contributed by atoms with Gasteiger partial charge < -0.3 is 60.1 Å². The van der Waals surface area contributed by atoms with Crippen molar-refractivity contribution in [2.45, 2.75) is 84.5 Å². The molecule has 1 unspecified atom stereocenters. The second kappa shape index (κ2) is 30.4. The first-order chi connectivity index (χ1) is 40.0. The van der Waals surface area contributed by atoms with Gasteiger partial charge >= 0.3 is 6.09 Å². The summed E-state index contributed by atoms with van der Waals surface area (Å²) < 4.78 is 49.6. The number of amides is 4. The Morgan fingerprint density at radius 1 is 0.867 bits per heavy atom. The number of methoxy groups -OCH3 is 2. The number of allylic oxidation sites excluding steroid dienone is 4. The van der Waals surface area contributed by atoms with Crippen LogP contribution in [-0.4, -0.2) is 147 Å². The van der Waals surface area contributed by atoms with E-state index in [1.54, 1.807) is 35.6 Å². The number of aliphatic hydroxyl groups is 1. The molecule has 3 aromatic carbocycles. The number of anilines is 1. The molecule has 1 aliphatic carbocycles. The summed E-state index contributed by atoms with van der Waals surface area (Å²) in [7, 11) is 2.90. The van der Waals surface area contributed by atoms with E-state index in [9.17, 15) is 38.3 Å². The molecule has 83 heavy (non-hydrogen) atoms. The number of nitrogens with one attached hydrogen (secondary N) is 3. The number of primary amides is 1. The molecule has 6 N–H and O–H groups in total. The molecular formula is C61H73FN8O13. The van der Waals surface area contributed by atoms with Crippen molar-refractivity contribution in [3.63, 3.8) is 0 Å². The minimum Gasteiger partial charge on any atom is -0.439 e. The van der Waals surface area contributed by atoms with E-state index in [0.29, 0.717) is 34.8 Å². The molecule has 0 spiro atoms. The van der Waals surface area contributed by atoms with Crippen molar-refractivity contribution >= 4 is 41.1 Å². The molecule has 2 bridgehead atoms. The Kier molecular flexibility index (Phi) is 22.9. The van der Waals surface area contributed by atoms with Crippen LogP contribution in [0.25, 0.3) is 22.5 Å². The van der Waals surface area contributed by atoms with Gasteiger partial charge in [-0.2, -0.15) is 0 Å². The van der Waals surface area contributed by atoms with Crippen LogP contribution >= 0.6 is 0 Å². The fourth-order valence-corrected chi connectivity index (χ4v) is 10.0. The number of hydrogen-bond acceptors (Lipinski definition) is 16. The number of para-hydroxylation sites is 1. The summed E-state index contributed by atoms with van der Waals surface area (Å²) in [6.07, 6.45) is 3.28. The molecule has 4 amide bonds. The standard InChI is InChI=1S/C61H73FN8O13/c1-37-32-46-53(49(71)35-47(57(46)74)66-59(75)38(2)12-11-17-50(78-5)58(83-61(63)77)40(4)34-39(3)56(73)51(33-37)79-6)64-24-26-80-28-30-82-31-29-81-27-25-70-55-45-15-9-10-16-48(45)69(36-42-13-7-8-14-44(42)54(55)67-68-70)52(72)22-23-65-60(76)41-18-20-43(62)21-19-41/h7-21,34-35,37,39,50-51,56,58,64,73H,22-33,36H2,1-6H3,(H2,63,77)(H,65,76)(H,66,75)/b17-11-,38-12+,40-34+/t37-,39+,50?,51+,56-,58+/m1/s1/i62-1. The van der Waals surface area contributed by atoms with E-state index in [1.165, 1.54) is 57.6 Å². The first kappa shape index (κ1) is 62.6. The zero-order chi connectivity index (χ0) is 59.6. The number of halogens is 1. The van der Waals surface area contributed by atoms with Gasteiger partial charge in [0.15, 0.2) is 6.10 Å². The number of carbonyl (C=O) groups excluding carboxylic acids is 6. The highest BCUT2D eigenvalue weighted by atomic mass is 18.2. The lowest BCUT2D eigenvalue weighted by atomic mass is 9.85. The van der Waals surface area contributed by atoms with Gasteiger partial charge in [0.05, 0.1) is 87.7 Å². The predicted octanol–water partition coefficient (Wildman–Crippen LogP) is 5.83. The summed E-state index contributed by atoms with van der Waals surface area (Å²) >= 11 is 0. The Bertz CT molecular complexity index is 3130. The van der Waals surface area contributed by atoms with E-state index >= 15 is 0 Å². The Morgan fingerprint density at radius 3 is 2.27 bits per heavy atom. The number of ether oxygens (including phenoxy) is 6. The summed E-state index contributed by atoms with van der Waals surface area (Å²) in [6.45, 7) is 9.22. The SMILES string of the molecule is COC1/C=C\C=C(/C)C(=O)NC2=CC(=O)C(NCCOCCOCCOCCn3nnc4c3-c3ccccc3N(C(=O)CCNC(=O)c3ccc([18F])cc3)Cc3ccccc3-4)=C(C[C@@H](C)C[C@H](OC)[C@H](O)[C@@H](C)/C=C(\C)[C@@H]1OC(N)=O)C2=O. The van der Waals surface area contributed by atoms with Crippen molar-refractivity contribution in [2.75, 3.05) is 71.9 Å². The molecule has 6 atom stereocenters. The van der Waals surface area contributed by atoms with Crippen LogP contribution in [0.15, 0.2) is 131 Å². The molecule has 22 heteroatoms. The van der Waals surface area contributed by atoms with Crippen LogP contribution in [0.4, 0.5) is 14.9 Å². The molecule has 0 saturated carbocycles. The highest BCUT2D eigenvalue weighted by Crippen LogP contribution is 2.41. The molecular weight excluding hydrogens is 1070 g/mol. The Hall–Kier alpha value is -7.99. The van der Waals surface area contributed by atoms with E-state index in [1.807, 2.05) is 55.5 Å². The highest BCUT2D eigenvalue weighted by Gasteiger charge is 2.34. The first-order valence-corrected chi connectivity index (χ1v) is 27.5. The molecule has 4 aromatic rings. The number of ketones is 2. The van der Waals surface area contributed by atoms with Crippen molar-refractivity contribution in [1.82, 2.24) is 30.9 Å². The summed E-state index contributed by atoms with van der Waals surface area (Å²) in [6, 6.07) is 20.5. The fourth-order valence-electron chi connectivity index (χ4n) is 10.0. The molecule has 442 valence electrons. The average Bonchev–Trinajstić information content (AvgIpc) is 4.13. The minimum absolute atomic E-state index is 0.0154. The van der Waals surface area contributed by atoms with Crippen LogP contribution in [-0.2, 0) is 60.7 Å². The highest BCUT2D eigenvalue weighted by molar-refractivity contribution is 6.23. The number of Topliss-reactive ketones (excluding diaryl/α,β-unsaturated/α-hetero) is 1. The number of carbonyl (C=O) groups is 6. The van der Waals surface area contributed by atoms with Gasteiger partial charge in [-0.25, -0.2) is 13.9 Å². The van der Waals surface area contributed by atoms with Gasteiger partial charge in [-0.15, -0.1) is 5.10 Å². The van der Waals surface area contributed by atoms with Gasteiger partial charge in [0.1, 0.15) is 17.6 Å². The van der Waals surface area contributed by atoms with Crippen molar-refractivity contribution < 1.29 is 66.7 Å². The van der Waals surface area contributed by atoms with Crippen LogP contribution in [0, 0.1) is 17.7 Å². The van der Waals surface area contributed by atoms with Crippen molar-refractivity contribution in [2.24, 2.45) is 17.6 Å². The second-order valence-electron chi connectivity index (χ2n) is 20.4. The minimum atomic E-state index is -1.03. The smallest absolute Gasteiger partial charge is 0.405 e. The largest absolute Gasteiger partial charge is 0.439 e. The molecule has 0 radical (unpaired) electrons. The molecule has 21 nitrogen and oxygen atoms in total. The number of hydrogen-bond donors (Lipinski definition) is 5. The third kappa shape index (κ3) is 16.6. The van der Waals surface area contributed by atoms with E-state index in [4.69, 9.17) is 34.2 Å². The monoisotopic (exact) mass is 1140 g/mol. The molecule has 7 rings (SSSR count). The average molecular weight is 1140 g/mol. The molecule has 2 aliphatic heterocycles. The molecule has 0 saturated heterocycles. The number of nitrogens with zero attached hydrogens (tertiary/aromatic N) is 4. The van der Waals surface area contributed by atoms with Crippen molar-refractivity contribution in [1.29, 1.82) is 0 Å². The van der Waals surface area contributed by atoms with E-state index in [0.717, 1.165) is 22.8 Å². The second-order valence-corrected chi connectivity index (χ2v) is 20.4. The quantitative estimate of drug-likeness (QED) is 0.0395. The number of rotatable bonds is 20. The summed E-state index contributed by atoms with van der Waals surface area (Å²) in [5.41, 5.74) is 11.0. The van der Waals surface area contributed by atoms with Crippen LogP contribution in [0.3, 0.4) is 0 Å². The van der Waals surface area contributed by atoms with Gasteiger partial charge in [-0.3, -0.25) is 24.0 Å². The lowest BCUT2D eigenvalue weighted by Crippen LogP contribution is -2.38. The molecule has 0 fully saturated rings. The number of fused-ring (bicyclic) bond motifs is 7. The molecule has 3 aliphatic rings. The number of benzene rings is 3. The van der Waals surface area contributed by atoms with Gasteiger partial charge in [0.25, 0.3) is 11.8 Å². The van der Waals surface area contributed by atoms with Crippen molar-refractivity contribution in [3.8, 4) is 22.5 Å². The number of aliphatic hydroxyl groups excluding tert-OH is 1. The van der Waals surface area contributed by atoms with Crippen LogP contribution in [0.2, 0.25) is 0 Å².